The highest BCUT2D eigenvalue weighted by atomic mass is 16.2. The highest BCUT2D eigenvalue weighted by molar-refractivity contribution is 6.03. The molecule has 2 heterocycles. The lowest BCUT2D eigenvalue weighted by Gasteiger charge is -2.32. The summed E-state index contributed by atoms with van der Waals surface area (Å²) in [7, 11) is 0. The predicted octanol–water partition coefficient (Wildman–Crippen LogP) is 0.734. The van der Waals surface area contributed by atoms with Crippen molar-refractivity contribution in [3.05, 3.63) is 23.9 Å². The quantitative estimate of drug-likeness (QED) is 0.768. The van der Waals surface area contributed by atoms with Gasteiger partial charge in [-0.2, -0.15) is 0 Å². The van der Waals surface area contributed by atoms with E-state index in [1.807, 2.05) is 0 Å². The molecule has 1 fully saturated rings. The third kappa shape index (κ3) is 2.62. The first-order valence-corrected chi connectivity index (χ1v) is 6.00. The number of rotatable bonds is 2. The Morgan fingerprint density at radius 2 is 2.21 bits per heavy atom. The number of anilines is 1. The van der Waals surface area contributed by atoms with Crippen LogP contribution in [0, 0.1) is 0 Å². The lowest BCUT2D eigenvalue weighted by Crippen LogP contribution is -2.49. The van der Waals surface area contributed by atoms with Crippen LogP contribution in [0.4, 0.5) is 5.82 Å². The van der Waals surface area contributed by atoms with E-state index in [-0.39, 0.29) is 17.7 Å². The number of aromatic nitrogens is 1. The van der Waals surface area contributed by atoms with Crippen molar-refractivity contribution in [1.29, 1.82) is 0 Å². The topological polar surface area (TPSA) is 88.2 Å². The Morgan fingerprint density at radius 1 is 1.47 bits per heavy atom. The molecule has 1 aromatic rings. The van der Waals surface area contributed by atoms with Gasteiger partial charge >= 0.3 is 0 Å². The van der Waals surface area contributed by atoms with Crippen LogP contribution in [0.25, 0.3) is 0 Å². The fourth-order valence-corrected chi connectivity index (χ4v) is 2.10. The Labute approximate surface area is 110 Å². The molecule has 0 radical (unpaired) electrons. The fraction of sp³-hybridized carbons (Fsp3) is 0.385. The minimum absolute atomic E-state index is 0.224. The van der Waals surface area contributed by atoms with E-state index in [0.29, 0.717) is 18.7 Å². The van der Waals surface area contributed by atoms with Gasteiger partial charge in [-0.3, -0.25) is 19.7 Å². The van der Waals surface area contributed by atoms with Crippen molar-refractivity contribution in [2.75, 3.05) is 5.32 Å². The maximum Gasteiger partial charge on any atom is 0.236 e. The molecular formula is C13H15N3O3. The molecule has 0 saturated carbocycles. The van der Waals surface area contributed by atoms with Gasteiger partial charge in [-0.1, -0.05) is 0 Å². The third-order valence-corrected chi connectivity index (χ3v) is 3.31. The SMILES string of the molecule is CC(=O)Nc1cc([C@@]2(C)CCC(=O)NC2=O)ccn1. The van der Waals surface area contributed by atoms with Gasteiger partial charge in [0.2, 0.25) is 17.7 Å². The number of nitrogens with zero attached hydrogens (tertiary/aromatic N) is 1. The number of imide groups is 1. The molecule has 1 aliphatic heterocycles. The molecule has 0 aliphatic carbocycles. The van der Waals surface area contributed by atoms with Crippen LogP contribution < -0.4 is 10.6 Å². The molecule has 0 unspecified atom stereocenters. The van der Waals surface area contributed by atoms with Gasteiger partial charge in [-0.25, -0.2) is 4.98 Å². The van der Waals surface area contributed by atoms with Crippen molar-refractivity contribution < 1.29 is 14.4 Å². The maximum atomic E-state index is 12.0. The largest absolute Gasteiger partial charge is 0.311 e. The summed E-state index contributed by atoms with van der Waals surface area (Å²) in [6.45, 7) is 3.17. The number of pyridine rings is 1. The normalized spacial score (nSPS) is 22.8. The van der Waals surface area contributed by atoms with E-state index in [2.05, 4.69) is 15.6 Å². The Morgan fingerprint density at radius 3 is 2.84 bits per heavy atom. The van der Waals surface area contributed by atoms with Gasteiger partial charge in [0.15, 0.2) is 0 Å². The molecule has 1 saturated heterocycles. The van der Waals surface area contributed by atoms with Crippen molar-refractivity contribution >= 4 is 23.5 Å². The van der Waals surface area contributed by atoms with Gasteiger partial charge in [-0.05, 0) is 31.0 Å². The Bertz CT molecular complexity index is 556. The van der Waals surface area contributed by atoms with Crippen molar-refractivity contribution in [3.63, 3.8) is 0 Å². The summed E-state index contributed by atoms with van der Waals surface area (Å²) in [5, 5.41) is 4.92. The van der Waals surface area contributed by atoms with E-state index >= 15 is 0 Å². The van der Waals surface area contributed by atoms with Crippen LogP contribution in [0.1, 0.15) is 32.3 Å². The molecule has 0 spiro atoms. The lowest BCUT2D eigenvalue weighted by atomic mass is 9.76. The van der Waals surface area contributed by atoms with Crippen LogP contribution in [-0.4, -0.2) is 22.7 Å². The van der Waals surface area contributed by atoms with Gasteiger partial charge in [0.25, 0.3) is 0 Å². The summed E-state index contributed by atoms with van der Waals surface area (Å²) >= 11 is 0. The number of carbonyl (C=O) groups excluding carboxylic acids is 3. The van der Waals surface area contributed by atoms with Gasteiger partial charge in [0, 0.05) is 19.5 Å². The number of amides is 3. The minimum Gasteiger partial charge on any atom is -0.311 e. The van der Waals surface area contributed by atoms with E-state index in [0.717, 1.165) is 5.56 Å². The summed E-state index contributed by atoms with van der Waals surface area (Å²) in [4.78, 5) is 38.3. The van der Waals surface area contributed by atoms with Crippen LogP contribution >= 0.6 is 0 Å². The zero-order valence-electron chi connectivity index (χ0n) is 10.8. The molecule has 2 N–H and O–H groups in total. The molecule has 100 valence electrons. The lowest BCUT2D eigenvalue weighted by molar-refractivity contribution is -0.137. The first-order valence-electron chi connectivity index (χ1n) is 6.00. The molecule has 6 nitrogen and oxygen atoms in total. The third-order valence-electron chi connectivity index (χ3n) is 3.31. The highest BCUT2D eigenvalue weighted by Gasteiger charge is 2.40. The molecule has 3 amide bonds. The average Bonchev–Trinajstić information content (AvgIpc) is 2.34. The maximum absolute atomic E-state index is 12.0. The molecule has 1 aromatic heterocycles. The molecule has 0 bridgehead atoms. The minimum atomic E-state index is -0.774. The first-order chi connectivity index (χ1) is 8.91. The van der Waals surface area contributed by atoms with Crippen molar-refractivity contribution in [2.45, 2.75) is 32.1 Å². The number of carbonyl (C=O) groups is 3. The highest BCUT2D eigenvalue weighted by Crippen LogP contribution is 2.32. The van der Waals surface area contributed by atoms with Crippen LogP contribution in [0.2, 0.25) is 0 Å². The summed E-state index contributed by atoms with van der Waals surface area (Å²) in [5.41, 5.74) is -0.0411. The van der Waals surface area contributed by atoms with E-state index in [9.17, 15) is 14.4 Å². The summed E-state index contributed by atoms with van der Waals surface area (Å²) in [6.07, 6.45) is 2.29. The van der Waals surface area contributed by atoms with Crippen LogP contribution in [0.15, 0.2) is 18.3 Å². The molecule has 19 heavy (non-hydrogen) atoms. The summed E-state index contributed by atoms with van der Waals surface area (Å²) in [6, 6.07) is 3.39. The zero-order valence-corrected chi connectivity index (χ0v) is 10.8. The summed E-state index contributed by atoms with van der Waals surface area (Å²) in [5.74, 6) is -0.392. The Kier molecular flexibility index (Phi) is 3.33. The van der Waals surface area contributed by atoms with Crippen LogP contribution in [-0.2, 0) is 19.8 Å². The Hall–Kier alpha value is -2.24. The fourth-order valence-electron chi connectivity index (χ4n) is 2.10. The smallest absolute Gasteiger partial charge is 0.236 e. The standard InChI is InChI=1S/C13H15N3O3/c1-8(17)15-10-7-9(4-6-14-10)13(2)5-3-11(18)16-12(13)19/h4,6-7H,3,5H2,1-2H3,(H,14,15,17)(H,16,18,19)/t13-/m1/s1. The van der Waals surface area contributed by atoms with Crippen molar-refractivity contribution in [1.82, 2.24) is 10.3 Å². The molecule has 1 atom stereocenters. The first kappa shape index (κ1) is 13.2. The molecule has 0 aromatic carbocycles. The predicted molar refractivity (Wildman–Crippen MR) is 68.3 cm³/mol. The van der Waals surface area contributed by atoms with E-state index < -0.39 is 5.41 Å². The average molecular weight is 261 g/mol. The molecule has 2 rings (SSSR count). The van der Waals surface area contributed by atoms with Crippen molar-refractivity contribution in [2.24, 2.45) is 0 Å². The van der Waals surface area contributed by atoms with Gasteiger partial charge in [0.05, 0.1) is 5.41 Å². The second-order valence-electron chi connectivity index (χ2n) is 4.82. The molecule has 6 heteroatoms. The van der Waals surface area contributed by atoms with Crippen molar-refractivity contribution in [3.8, 4) is 0 Å². The van der Waals surface area contributed by atoms with Gasteiger partial charge in [0.1, 0.15) is 5.82 Å². The van der Waals surface area contributed by atoms with Gasteiger partial charge in [-0.15, -0.1) is 0 Å². The zero-order chi connectivity index (χ0) is 14.0. The second-order valence-corrected chi connectivity index (χ2v) is 4.82. The number of hydrogen-bond donors (Lipinski definition) is 2. The number of piperidine rings is 1. The van der Waals surface area contributed by atoms with Crippen LogP contribution in [0.5, 0.6) is 0 Å². The summed E-state index contributed by atoms with van der Waals surface area (Å²) < 4.78 is 0. The molecule has 1 aliphatic rings. The monoisotopic (exact) mass is 261 g/mol. The number of hydrogen-bond acceptors (Lipinski definition) is 4. The van der Waals surface area contributed by atoms with Gasteiger partial charge < -0.3 is 5.32 Å². The second kappa shape index (κ2) is 4.79. The van der Waals surface area contributed by atoms with Crippen LogP contribution in [0.3, 0.4) is 0 Å². The number of nitrogens with one attached hydrogen (secondary N) is 2. The molecular weight excluding hydrogens is 246 g/mol. The van der Waals surface area contributed by atoms with E-state index in [4.69, 9.17) is 0 Å². The van der Waals surface area contributed by atoms with E-state index in [1.54, 1.807) is 19.1 Å². The Balaban J connectivity index is 2.32. The van der Waals surface area contributed by atoms with E-state index in [1.165, 1.54) is 13.1 Å².